The third kappa shape index (κ3) is 4.33. The lowest BCUT2D eigenvalue weighted by Gasteiger charge is -2.10. The Kier molecular flexibility index (Phi) is 5.67. The summed E-state index contributed by atoms with van der Waals surface area (Å²) < 4.78 is 40.6. The van der Waals surface area contributed by atoms with E-state index in [2.05, 4.69) is 10.1 Å². The van der Waals surface area contributed by atoms with Gasteiger partial charge in [-0.3, -0.25) is 4.79 Å². The Hall–Kier alpha value is -3.72. The normalized spacial score (nSPS) is 11.8. The molecular weight excluding hydrogens is 419 g/mol. The molecule has 0 amide bonds. The molecule has 0 aliphatic carbocycles. The van der Waals surface area contributed by atoms with E-state index in [9.17, 15) is 18.0 Å². The molecule has 0 radical (unpaired) electrons. The fourth-order valence-electron chi connectivity index (χ4n) is 3.47. The van der Waals surface area contributed by atoms with E-state index in [1.54, 1.807) is 36.5 Å². The van der Waals surface area contributed by atoms with E-state index in [1.165, 1.54) is 16.8 Å². The lowest BCUT2D eigenvalue weighted by molar-refractivity contribution is -0.141. The van der Waals surface area contributed by atoms with Crippen molar-refractivity contribution in [3.63, 3.8) is 0 Å². The van der Waals surface area contributed by atoms with Gasteiger partial charge in [0.25, 0.3) is 0 Å². The number of Topliss-reactive ketones (excluding diaryl/α,β-unsaturated/α-hetero) is 1. The van der Waals surface area contributed by atoms with Crippen LogP contribution in [0, 0.1) is 0 Å². The number of rotatable bonds is 6. The molecule has 32 heavy (non-hydrogen) atoms. The molecule has 0 fully saturated rings. The van der Waals surface area contributed by atoms with Crippen LogP contribution in [0.25, 0.3) is 27.8 Å². The number of fused-ring (bicyclic) bond motifs is 1. The Morgan fingerprint density at radius 1 is 1.03 bits per heavy atom. The van der Waals surface area contributed by atoms with Crippen molar-refractivity contribution in [3.05, 3.63) is 72.1 Å². The minimum absolute atomic E-state index is 0.0525. The number of alkyl halides is 3. The van der Waals surface area contributed by atoms with Crippen molar-refractivity contribution in [2.75, 3.05) is 12.3 Å². The summed E-state index contributed by atoms with van der Waals surface area (Å²) in [6.45, 7) is 0.422. The average Bonchev–Trinajstić information content (AvgIpc) is 3.20. The van der Waals surface area contributed by atoms with Gasteiger partial charge in [0.05, 0.1) is 11.7 Å². The summed E-state index contributed by atoms with van der Waals surface area (Å²) >= 11 is 0. The van der Waals surface area contributed by atoms with E-state index < -0.39 is 11.9 Å². The number of aromatic nitrogens is 3. The second-order valence-corrected chi connectivity index (χ2v) is 7.37. The van der Waals surface area contributed by atoms with Gasteiger partial charge in [0.1, 0.15) is 5.69 Å². The van der Waals surface area contributed by atoms with Crippen LogP contribution in [0.3, 0.4) is 0 Å². The van der Waals surface area contributed by atoms with Crippen molar-refractivity contribution < 1.29 is 18.0 Å². The monoisotopic (exact) mass is 439 g/mol. The predicted octanol–water partition coefficient (Wildman–Crippen LogP) is 4.61. The zero-order valence-corrected chi connectivity index (χ0v) is 16.9. The second kappa shape index (κ2) is 8.43. The lowest BCUT2D eigenvalue weighted by Crippen LogP contribution is -2.10. The number of nitrogens with two attached hydrogens (primary N) is 2. The first kappa shape index (κ1) is 21.5. The molecule has 0 bridgehead atoms. The number of nitrogens with zero attached hydrogens (tertiary/aromatic N) is 3. The molecule has 2 aromatic carbocycles. The maximum Gasteiger partial charge on any atom is 0.433 e. The van der Waals surface area contributed by atoms with Crippen LogP contribution in [0.5, 0.6) is 0 Å². The van der Waals surface area contributed by atoms with Crippen molar-refractivity contribution >= 4 is 22.4 Å². The van der Waals surface area contributed by atoms with Crippen LogP contribution in [-0.2, 0) is 6.18 Å². The summed E-state index contributed by atoms with van der Waals surface area (Å²) in [6, 6.07) is 14.2. The highest BCUT2D eigenvalue weighted by Crippen LogP contribution is 2.30. The summed E-state index contributed by atoms with van der Waals surface area (Å²) in [6.07, 6.45) is -2.09. The summed E-state index contributed by atoms with van der Waals surface area (Å²) in [5, 5.41) is 4.95. The number of nitrogen functional groups attached to an aromatic ring is 1. The molecule has 0 unspecified atom stereocenters. The number of anilines is 1. The molecule has 2 heterocycles. The topological polar surface area (TPSA) is 99.8 Å². The number of pyridine rings is 1. The molecule has 4 aromatic rings. The molecule has 0 aliphatic rings. The summed E-state index contributed by atoms with van der Waals surface area (Å²) in [5.74, 6) is 0.000451. The second-order valence-electron chi connectivity index (χ2n) is 7.37. The Bertz CT molecular complexity index is 1300. The van der Waals surface area contributed by atoms with Crippen LogP contribution in [0.2, 0.25) is 0 Å². The van der Waals surface area contributed by atoms with Gasteiger partial charge >= 0.3 is 6.18 Å². The van der Waals surface area contributed by atoms with E-state index >= 15 is 0 Å². The SMILES string of the molecule is NCCCC(=O)c1cc(N)cc(-c2ccc3cnn(-c4cccc(C(F)(F)F)n4)c3c2)c1. The molecule has 6 nitrogen and oxygen atoms in total. The van der Waals surface area contributed by atoms with Gasteiger partial charge in [-0.25, -0.2) is 9.67 Å². The number of hydrogen-bond donors (Lipinski definition) is 2. The standard InChI is InChI=1S/C23H20F3N5O/c24-23(25,26)21-4-1-5-22(30-21)31-19-12-14(6-7-15(19)13-29-31)16-9-17(11-18(28)10-16)20(32)3-2-8-27/h1,4-7,9-13H,2-3,8,27-28H2. The van der Waals surface area contributed by atoms with Crippen LogP contribution in [0.4, 0.5) is 18.9 Å². The Morgan fingerprint density at radius 3 is 2.59 bits per heavy atom. The first-order chi connectivity index (χ1) is 15.3. The van der Waals surface area contributed by atoms with E-state index in [4.69, 9.17) is 11.5 Å². The lowest BCUT2D eigenvalue weighted by atomic mass is 9.98. The van der Waals surface area contributed by atoms with Gasteiger partial charge in [-0.2, -0.15) is 18.3 Å². The molecule has 2 aromatic heterocycles. The van der Waals surface area contributed by atoms with Crippen LogP contribution in [-0.4, -0.2) is 27.1 Å². The largest absolute Gasteiger partial charge is 0.433 e. The van der Waals surface area contributed by atoms with E-state index in [1.807, 2.05) is 6.07 Å². The minimum Gasteiger partial charge on any atom is -0.399 e. The molecule has 9 heteroatoms. The van der Waals surface area contributed by atoms with E-state index in [-0.39, 0.29) is 11.6 Å². The Balaban J connectivity index is 1.77. The number of benzene rings is 2. The molecule has 0 aliphatic heterocycles. The van der Waals surface area contributed by atoms with Gasteiger partial charge in [0.15, 0.2) is 11.6 Å². The maximum absolute atomic E-state index is 13.1. The Morgan fingerprint density at radius 2 is 1.84 bits per heavy atom. The first-order valence-electron chi connectivity index (χ1n) is 9.93. The molecular formula is C23H20F3N5O. The van der Waals surface area contributed by atoms with Gasteiger partial charge in [0, 0.05) is 23.1 Å². The third-order valence-corrected chi connectivity index (χ3v) is 5.03. The maximum atomic E-state index is 13.1. The van der Waals surface area contributed by atoms with Gasteiger partial charge in [-0.15, -0.1) is 0 Å². The molecule has 0 spiro atoms. The molecule has 0 saturated heterocycles. The summed E-state index contributed by atoms with van der Waals surface area (Å²) in [5.41, 5.74) is 13.5. The number of halogens is 3. The highest BCUT2D eigenvalue weighted by molar-refractivity contribution is 5.98. The van der Waals surface area contributed by atoms with Gasteiger partial charge in [-0.1, -0.05) is 18.2 Å². The smallest absolute Gasteiger partial charge is 0.399 e. The predicted molar refractivity (Wildman–Crippen MR) is 116 cm³/mol. The molecule has 4 rings (SSSR count). The molecule has 4 N–H and O–H groups in total. The molecule has 0 saturated carbocycles. The number of carbonyl (C=O) groups is 1. The summed E-state index contributed by atoms with van der Waals surface area (Å²) in [7, 11) is 0. The van der Waals surface area contributed by atoms with Crippen molar-refractivity contribution in [3.8, 4) is 16.9 Å². The van der Waals surface area contributed by atoms with Gasteiger partial charge in [-0.05, 0) is 60.5 Å². The fourth-order valence-corrected chi connectivity index (χ4v) is 3.47. The van der Waals surface area contributed by atoms with Crippen molar-refractivity contribution in [1.29, 1.82) is 0 Å². The van der Waals surface area contributed by atoms with Crippen LogP contribution in [0.1, 0.15) is 28.9 Å². The fraction of sp³-hybridized carbons (Fsp3) is 0.174. The van der Waals surface area contributed by atoms with Gasteiger partial charge in [0.2, 0.25) is 0 Å². The average molecular weight is 439 g/mol. The quantitative estimate of drug-likeness (QED) is 0.338. The molecule has 164 valence electrons. The van der Waals surface area contributed by atoms with Crippen LogP contribution < -0.4 is 11.5 Å². The zero-order valence-electron chi connectivity index (χ0n) is 16.9. The van der Waals surface area contributed by atoms with E-state index in [0.29, 0.717) is 41.7 Å². The zero-order chi connectivity index (χ0) is 22.9. The van der Waals surface area contributed by atoms with Crippen LogP contribution in [0.15, 0.2) is 60.8 Å². The highest BCUT2D eigenvalue weighted by Gasteiger charge is 2.32. The van der Waals surface area contributed by atoms with Crippen molar-refractivity contribution in [2.45, 2.75) is 19.0 Å². The number of carbonyl (C=O) groups excluding carboxylic acids is 1. The van der Waals surface area contributed by atoms with E-state index in [0.717, 1.165) is 17.0 Å². The Labute approximate surface area is 181 Å². The van der Waals surface area contributed by atoms with Crippen molar-refractivity contribution in [2.24, 2.45) is 5.73 Å². The number of hydrogen-bond acceptors (Lipinski definition) is 5. The minimum atomic E-state index is -4.56. The first-order valence-corrected chi connectivity index (χ1v) is 9.93. The molecule has 0 atom stereocenters. The summed E-state index contributed by atoms with van der Waals surface area (Å²) in [4.78, 5) is 16.2. The number of ketones is 1. The van der Waals surface area contributed by atoms with Crippen molar-refractivity contribution in [1.82, 2.24) is 14.8 Å². The van der Waals surface area contributed by atoms with Crippen LogP contribution >= 0.6 is 0 Å². The van der Waals surface area contributed by atoms with Gasteiger partial charge < -0.3 is 11.5 Å². The highest BCUT2D eigenvalue weighted by atomic mass is 19.4. The third-order valence-electron chi connectivity index (χ3n) is 5.03.